The largest absolute Gasteiger partial charge is 0.508 e. The fourth-order valence-corrected chi connectivity index (χ4v) is 1.54. The molecule has 1 aliphatic rings. The molecule has 0 N–H and O–H groups in total. The van der Waals surface area contributed by atoms with Gasteiger partial charge in [0, 0.05) is 0 Å². The molecule has 0 aromatic rings. The van der Waals surface area contributed by atoms with Crippen molar-refractivity contribution in [1.29, 1.82) is 0 Å². The Balaban J connectivity index is 2.24. The summed E-state index contributed by atoms with van der Waals surface area (Å²) in [6.45, 7) is 0. The Morgan fingerprint density at radius 3 is 2.25 bits per heavy atom. The van der Waals surface area contributed by atoms with Crippen LogP contribution in [0.15, 0.2) is 0 Å². The Labute approximate surface area is 73.0 Å². The first kappa shape index (κ1) is 9.36. The van der Waals surface area contributed by atoms with E-state index in [9.17, 15) is 4.79 Å². The number of carbonyl (C=O) groups excluding carboxylic acids is 1. The second-order valence-electron chi connectivity index (χ2n) is 3.19. The van der Waals surface area contributed by atoms with E-state index in [4.69, 9.17) is 4.74 Å². The van der Waals surface area contributed by atoms with Crippen molar-refractivity contribution in [2.75, 3.05) is 7.11 Å². The lowest BCUT2D eigenvalue weighted by Gasteiger charge is -2.13. The second kappa shape index (κ2) is 5.01. The minimum atomic E-state index is -0.540. The second-order valence-corrected chi connectivity index (χ2v) is 3.19. The normalized spacial score (nSPS) is 19.8. The molecule has 0 aromatic carbocycles. The van der Waals surface area contributed by atoms with Gasteiger partial charge in [-0.1, -0.05) is 12.8 Å². The van der Waals surface area contributed by atoms with Crippen LogP contribution in [0.2, 0.25) is 0 Å². The predicted octanol–water partition coefficient (Wildman–Crippen LogP) is 2.49. The maximum absolute atomic E-state index is 10.7. The molecule has 3 nitrogen and oxygen atoms in total. The molecule has 1 saturated carbocycles. The van der Waals surface area contributed by atoms with E-state index in [2.05, 4.69) is 4.74 Å². The monoisotopic (exact) mass is 172 g/mol. The number of ether oxygens (including phenoxy) is 2. The molecule has 1 aliphatic carbocycles. The maximum atomic E-state index is 10.7. The fourth-order valence-electron chi connectivity index (χ4n) is 1.54. The molecule has 0 bridgehead atoms. The van der Waals surface area contributed by atoms with E-state index in [1.54, 1.807) is 0 Å². The first-order chi connectivity index (χ1) is 5.83. The molecule has 0 amide bonds. The van der Waals surface area contributed by atoms with Crippen molar-refractivity contribution in [2.45, 2.75) is 44.6 Å². The Morgan fingerprint density at radius 1 is 1.17 bits per heavy atom. The number of rotatable bonds is 1. The highest BCUT2D eigenvalue weighted by Gasteiger charge is 2.16. The summed E-state index contributed by atoms with van der Waals surface area (Å²) in [7, 11) is 1.35. The summed E-state index contributed by atoms with van der Waals surface area (Å²) in [5.41, 5.74) is 0. The van der Waals surface area contributed by atoms with Gasteiger partial charge in [0.05, 0.1) is 7.11 Å². The number of hydrogen-bond acceptors (Lipinski definition) is 3. The lowest BCUT2D eigenvalue weighted by Crippen LogP contribution is -2.17. The Kier molecular flexibility index (Phi) is 3.91. The first-order valence-electron chi connectivity index (χ1n) is 4.57. The molecule has 0 atom stereocenters. The fraction of sp³-hybridized carbons (Fsp3) is 0.889. The minimum absolute atomic E-state index is 0.0972. The third-order valence-electron chi connectivity index (χ3n) is 2.23. The highest BCUT2D eigenvalue weighted by Crippen LogP contribution is 2.19. The predicted molar refractivity (Wildman–Crippen MR) is 45.0 cm³/mol. The Bertz CT molecular complexity index is 137. The number of hydrogen-bond donors (Lipinski definition) is 0. The molecule has 0 aromatic heterocycles. The van der Waals surface area contributed by atoms with Crippen molar-refractivity contribution in [2.24, 2.45) is 0 Å². The highest BCUT2D eigenvalue weighted by molar-refractivity contribution is 5.59. The van der Waals surface area contributed by atoms with Crippen molar-refractivity contribution < 1.29 is 14.3 Å². The summed E-state index contributed by atoms with van der Waals surface area (Å²) >= 11 is 0. The van der Waals surface area contributed by atoms with Crippen LogP contribution in [0.25, 0.3) is 0 Å². The van der Waals surface area contributed by atoms with Crippen LogP contribution < -0.4 is 0 Å². The highest BCUT2D eigenvalue weighted by atomic mass is 16.7. The van der Waals surface area contributed by atoms with E-state index in [1.807, 2.05) is 0 Å². The molecule has 0 heterocycles. The quantitative estimate of drug-likeness (QED) is 0.450. The third-order valence-corrected chi connectivity index (χ3v) is 2.23. The van der Waals surface area contributed by atoms with Crippen LogP contribution >= 0.6 is 0 Å². The van der Waals surface area contributed by atoms with Gasteiger partial charge < -0.3 is 9.47 Å². The lowest BCUT2D eigenvalue weighted by atomic mass is 10.2. The molecule has 0 spiro atoms. The van der Waals surface area contributed by atoms with Crippen LogP contribution in [-0.4, -0.2) is 19.4 Å². The summed E-state index contributed by atoms with van der Waals surface area (Å²) < 4.78 is 9.49. The summed E-state index contributed by atoms with van der Waals surface area (Å²) in [5.74, 6) is 0. The zero-order valence-corrected chi connectivity index (χ0v) is 7.54. The standard InChI is InChI=1S/C9H16O3/c1-11-9(10)12-8-6-4-2-3-5-7-8/h8H,2-7H2,1H3. The number of methoxy groups -OCH3 is 1. The molecule has 12 heavy (non-hydrogen) atoms. The van der Waals surface area contributed by atoms with Crippen molar-refractivity contribution >= 4 is 6.16 Å². The van der Waals surface area contributed by atoms with Crippen LogP contribution in [0.5, 0.6) is 0 Å². The molecular weight excluding hydrogens is 156 g/mol. The van der Waals surface area contributed by atoms with Crippen LogP contribution in [-0.2, 0) is 9.47 Å². The zero-order valence-electron chi connectivity index (χ0n) is 7.54. The summed E-state index contributed by atoms with van der Waals surface area (Å²) in [6, 6.07) is 0. The van der Waals surface area contributed by atoms with E-state index in [0.717, 1.165) is 12.8 Å². The Morgan fingerprint density at radius 2 is 1.75 bits per heavy atom. The van der Waals surface area contributed by atoms with Crippen molar-refractivity contribution in [3.63, 3.8) is 0 Å². The molecule has 0 aliphatic heterocycles. The van der Waals surface area contributed by atoms with E-state index in [1.165, 1.54) is 32.8 Å². The molecule has 0 saturated heterocycles. The van der Waals surface area contributed by atoms with Crippen LogP contribution in [0.1, 0.15) is 38.5 Å². The summed E-state index contributed by atoms with van der Waals surface area (Å²) in [6.07, 6.45) is 6.41. The van der Waals surface area contributed by atoms with Gasteiger partial charge in [-0.2, -0.15) is 0 Å². The first-order valence-corrected chi connectivity index (χ1v) is 4.57. The number of carbonyl (C=O) groups is 1. The molecular formula is C9H16O3. The van der Waals surface area contributed by atoms with Gasteiger partial charge in [0.2, 0.25) is 0 Å². The van der Waals surface area contributed by atoms with Gasteiger partial charge in [-0.25, -0.2) is 4.79 Å². The third kappa shape index (κ3) is 3.11. The topological polar surface area (TPSA) is 35.5 Å². The maximum Gasteiger partial charge on any atom is 0.508 e. The summed E-state index contributed by atoms with van der Waals surface area (Å²) in [4.78, 5) is 10.7. The van der Waals surface area contributed by atoms with E-state index >= 15 is 0 Å². The van der Waals surface area contributed by atoms with Crippen molar-refractivity contribution in [1.82, 2.24) is 0 Å². The van der Waals surface area contributed by atoms with Crippen LogP contribution in [0.4, 0.5) is 4.79 Å². The summed E-state index contributed by atoms with van der Waals surface area (Å²) in [5, 5.41) is 0. The van der Waals surface area contributed by atoms with Gasteiger partial charge in [0.1, 0.15) is 6.10 Å². The molecule has 1 fully saturated rings. The van der Waals surface area contributed by atoms with E-state index in [-0.39, 0.29) is 6.10 Å². The average Bonchev–Trinajstić information content (AvgIpc) is 2.33. The van der Waals surface area contributed by atoms with Crippen LogP contribution in [0.3, 0.4) is 0 Å². The van der Waals surface area contributed by atoms with Gasteiger partial charge in [-0.05, 0) is 25.7 Å². The van der Waals surface area contributed by atoms with E-state index < -0.39 is 6.16 Å². The van der Waals surface area contributed by atoms with Gasteiger partial charge in [0.25, 0.3) is 0 Å². The molecule has 1 rings (SSSR count). The van der Waals surface area contributed by atoms with Crippen LogP contribution in [0, 0.1) is 0 Å². The van der Waals surface area contributed by atoms with Crippen molar-refractivity contribution in [3.8, 4) is 0 Å². The van der Waals surface area contributed by atoms with Gasteiger partial charge in [0.15, 0.2) is 0 Å². The van der Waals surface area contributed by atoms with Gasteiger partial charge >= 0.3 is 6.16 Å². The van der Waals surface area contributed by atoms with Gasteiger partial charge in [-0.15, -0.1) is 0 Å². The molecule has 0 radical (unpaired) electrons. The lowest BCUT2D eigenvalue weighted by molar-refractivity contribution is 0.0315. The van der Waals surface area contributed by atoms with Crippen molar-refractivity contribution in [3.05, 3.63) is 0 Å². The molecule has 3 heteroatoms. The van der Waals surface area contributed by atoms with E-state index in [0.29, 0.717) is 0 Å². The Hall–Kier alpha value is -0.730. The SMILES string of the molecule is COC(=O)OC1CCCCCC1. The average molecular weight is 172 g/mol. The zero-order chi connectivity index (χ0) is 8.81. The smallest absolute Gasteiger partial charge is 0.438 e. The molecule has 0 unspecified atom stereocenters. The van der Waals surface area contributed by atoms with Gasteiger partial charge in [-0.3, -0.25) is 0 Å². The minimum Gasteiger partial charge on any atom is -0.438 e. The molecule has 70 valence electrons.